The normalized spacial score (nSPS) is 19.2. The van der Waals surface area contributed by atoms with Gasteiger partial charge in [-0.05, 0) is 36.8 Å². The molecule has 4 heterocycles. The average molecular weight is 368 g/mol. The Morgan fingerprint density at radius 3 is 3.04 bits per heavy atom. The van der Waals surface area contributed by atoms with E-state index >= 15 is 0 Å². The Labute approximate surface area is 156 Å². The number of nitriles is 1. The second kappa shape index (κ2) is 6.71. The lowest BCUT2D eigenvalue weighted by atomic mass is 9.93. The zero-order chi connectivity index (χ0) is 18.3. The second-order valence-electron chi connectivity index (χ2n) is 6.73. The van der Waals surface area contributed by atoms with Crippen molar-refractivity contribution in [1.82, 2.24) is 9.88 Å². The largest absolute Gasteiger partial charge is 0.383 e. The van der Waals surface area contributed by atoms with Crippen LogP contribution < -0.4 is 5.73 Å². The first-order valence-corrected chi connectivity index (χ1v) is 9.64. The maximum atomic E-state index is 12.8. The molecule has 0 spiro atoms. The molecule has 6 nitrogen and oxygen atoms in total. The number of rotatable bonds is 2. The summed E-state index contributed by atoms with van der Waals surface area (Å²) in [5.74, 6) is 0.310. The van der Waals surface area contributed by atoms with Gasteiger partial charge in [0.15, 0.2) is 0 Å². The molecular weight excluding hydrogens is 348 g/mol. The highest BCUT2D eigenvalue weighted by Gasteiger charge is 2.33. The number of fused-ring (bicyclic) bond motifs is 1. The van der Waals surface area contributed by atoms with Gasteiger partial charge in [0.2, 0.25) is 0 Å². The van der Waals surface area contributed by atoms with Crippen LogP contribution in [0.25, 0.3) is 10.4 Å². The van der Waals surface area contributed by atoms with Crippen LogP contribution in [0, 0.1) is 18.3 Å². The summed E-state index contributed by atoms with van der Waals surface area (Å²) in [6, 6.07) is 4.25. The van der Waals surface area contributed by atoms with E-state index in [2.05, 4.69) is 11.1 Å². The Morgan fingerprint density at radius 2 is 2.38 bits per heavy atom. The smallest absolute Gasteiger partial charge is 0.252 e. The number of hydrogen-bond donors (Lipinski definition) is 1. The number of carbonyl (C=O) groups excluding carboxylic acids is 1. The maximum absolute atomic E-state index is 12.8. The molecule has 2 aromatic rings. The molecule has 1 unspecified atom stereocenters. The minimum absolute atomic E-state index is 0.0392. The third kappa shape index (κ3) is 2.75. The van der Waals surface area contributed by atoms with Crippen LogP contribution in [0.15, 0.2) is 11.4 Å². The molecule has 0 aliphatic carbocycles. The van der Waals surface area contributed by atoms with Crippen LogP contribution in [0.1, 0.15) is 35.2 Å². The van der Waals surface area contributed by atoms with Crippen LogP contribution in [0.3, 0.4) is 0 Å². The van der Waals surface area contributed by atoms with Crippen LogP contribution in [-0.2, 0) is 22.5 Å². The molecule has 1 fully saturated rings. The number of nitrogens with two attached hydrogens (primary N) is 1. The zero-order valence-electron chi connectivity index (χ0n) is 14.6. The van der Waals surface area contributed by atoms with Gasteiger partial charge in [-0.1, -0.05) is 0 Å². The molecule has 7 heteroatoms. The molecule has 2 N–H and O–H groups in total. The molecule has 2 aliphatic rings. The molecular formula is C19H20N4O2S. The number of carbonyl (C=O) groups is 1. The average Bonchev–Trinajstić information content (AvgIpc) is 3.31. The van der Waals surface area contributed by atoms with E-state index in [1.54, 1.807) is 11.3 Å². The molecule has 2 aromatic heterocycles. The van der Waals surface area contributed by atoms with E-state index < -0.39 is 0 Å². The lowest BCUT2D eigenvalue weighted by Crippen LogP contribution is -2.42. The molecule has 0 saturated carbocycles. The van der Waals surface area contributed by atoms with Crippen molar-refractivity contribution < 1.29 is 9.53 Å². The monoisotopic (exact) mass is 368 g/mol. The van der Waals surface area contributed by atoms with E-state index in [1.165, 1.54) is 0 Å². The van der Waals surface area contributed by atoms with Gasteiger partial charge in [-0.2, -0.15) is 5.26 Å². The minimum Gasteiger partial charge on any atom is -0.383 e. The zero-order valence-corrected chi connectivity index (χ0v) is 15.4. The standard InChI is InChI=1S/C19H20N4O2S/c1-11-5-8-26-17(11)16-12(9-20)18(21)22-14-4-6-23(10-13(14)16)19(24)15-3-2-7-25-15/h5,8,15H,2-4,6-7,10H2,1H3,(H2,21,22). The van der Waals surface area contributed by atoms with E-state index in [4.69, 9.17) is 10.5 Å². The Morgan fingerprint density at radius 1 is 1.54 bits per heavy atom. The SMILES string of the molecule is Cc1ccsc1-c1c(C#N)c(N)nc2c1CN(C(=O)C1CCCO1)CC2. The van der Waals surface area contributed by atoms with Gasteiger partial charge in [-0.3, -0.25) is 4.79 Å². The van der Waals surface area contributed by atoms with Gasteiger partial charge in [-0.15, -0.1) is 11.3 Å². The number of thiophene rings is 1. The van der Waals surface area contributed by atoms with Gasteiger partial charge in [0.05, 0.1) is 5.69 Å². The number of hydrogen-bond acceptors (Lipinski definition) is 6. The molecule has 0 radical (unpaired) electrons. The number of aromatic nitrogens is 1. The molecule has 1 amide bonds. The lowest BCUT2D eigenvalue weighted by molar-refractivity contribution is -0.141. The Bertz CT molecular complexity index is 909. The highest BCUT2D eigenvalue weighted by atomic mass is 32.1. The number of anilines is 1. The highest BCUT2D eigenvalue weighted by molar-refractivity contribution is 7.13. The number of nitrogens with zero attached hydrogens (tertiary/aromatic N) is 3. The van der Waals surface area contributed by atoms with E-state index in [0.29, 0.717) is 31.7 Å². The molecule has 1 saturated heterocycles. The van der Waals surface area contributed by atoms with E-state index in [-0.39, 0.29) is 17.8 Å². The topological polar surface area (TPSA) is 92.2 Å². The van der Waals surface area contributed by atoms with Gasteiger partial charge >= 0.3 is 0 Å². The van der Waals surface area contributed by atoms with Crippen molar-refractivity contribution in [2.24, 2.45) is 0 Å². The lowest BCUT2D eigenvalue weighted by Gasteiger charge is -2.32. The summed E-state index contributed by atoms with van der Waals surface area (Å²) in [5, 5.41) is 11.7. The summed E-state index contributed by atoms with van der Waals surface area (Å²) in [6.45, 7) is 3.72. The fourth-order valence-electron chi connectivity index (χ4n) is 3.74. The maximum Gasteiger partial charge on any atom is 0.252 e. The van der Waals surface area contributed by atoms with E-state index in [1.807, 2.05) is 23.3 Å². The second-order valence-corrected chi connectivity index (χ2v) is 7.64. The predicted octanol–water partition coefficient (Wildman–Crippen LogP) is 2.64. The summed E-state index contributed by atoms with van der Waals surface area (Å²) < 4.78 is 5.56. The van der Waals surface area contributed by atoms with Crippen LogP contribution in [-0.4, -0.2) is 35.0 Å². The van der Waals surface area contributed by atoms with Gasteiger partial charge in [0, 0.05) is 42.1 Å². The summed E-state index contributed by atoms with van der Waals surface area (Å²) in [7, 11) is 0. The fraction of sp³-hybridized carbons (Fsp3) is 0.421. The van der Waals surface area contributed by atoms with Crippen molar-refractivity contribution in [2.75, 3.05) is 18.9 Å². The van der Waals surface area contributed by atoms with Crippen molar-refractivity contribution in [3.8, 4) is 16.5 Å². The van der Waals surface area contributed by atoms with Gasteiger partial charge in [0.1, 0.15) is 23.6 Å². The molecule has 4 rings (SSSR count). The number of aryl methyl sites for hydroxylation is 1. The molecule has 2 aliphatic heterocycles. The van der Waals surface area contributed by atoms with Gasteiger partial charge < -0.3 is 15.4 Å². The quantitative estimate of drug-likeness (QED) is 0.880. The van der Waals surface area contributed by atoms with Crippen LogP contribution in [0.5, 0.6) is 0 Å². The summed E-state index contributed by atoms with van der Waals surface area (Å²) in [5.41, 5.74) is 10.3. The van der Waals surface area contributed by atoms with Crippen LogP contribution >= 0.6 is 11.3 Å². The first-order chi connectivity index (χ1) is 12.6. The Hall–Kier alpha value is -2.43. The summed E-state index contributed by atoms with van der Waals surface area (Å²) in [4.78, 5) is 20.1. The fourth-order valence-corrected chi connectivity index (χ4v) is 4.74. The summed E-state index contributed by atoms with van der Waals surface area (Å²) >= 11 is 1.59. The molecule has 1 atom stereocenters. The van der Waals surface area contributed by atoms with Crippen molar-refractivity contribution in [1.29, 1.82) is 5.26 Å². The van der Waals surface area contributed by atoms with Crippen molar-refractivity contribution in [3.63, 3.8) is 0 Å². The first kappa shape index (κ1) is 17.0. The number of pyridine rings is 1. The third-order valence-corrected chi connectivity index (χ3v) is 6.13. The molecule has 134 valence electrons. The predicted molar refractivity (Wildman–Crippen MR) is 99.5 cm³/mol. The Balaban J connectivity index is 1.79. The van der Waals surface area contributed by atoms with Crippen molar-refractivity contribution in [2.45, 2.75) is 38.8 Å². The summed E-state index contributed by atoms with van der Waals surface area (Å²) in [6.07, 6.45) is 2.02. The first-order valence-electron chi connectivity index (χ1n) is 8.76. The van der Waals surface area contributed by atoms with E-state index in [0.717, 1.165) is 40.1 Å². The number of nitrogen functional groups attached to an aromatic ring is 1. The third-order valence-electron chi connectivity index (χ3n) is 5.10. The van der Waals surface area contributed by atoms with Crippen LogP contribution in [0.2, 0.25) is 0 Å². The molecule has 26 heavy (non-hydrogen) atoms. The highest BCUT2D eigenvalue weighted by Crippen LogP contribution is 2.39. The van der Waals surface area contributed by atoms with Crippen molar-refractivity contribution in [3.05, 3.63) is 33.8 Å². The molecule has 0 aromatic carbocycles. The minimum atomic E-state index is -0.333. The number of amides is 1. The molecule has 0 bridgehead atoms. The Kier molecular flexibility index (Phi) is 4.39. The van der Waals surface area contributed by atoms with Gasteiger partial charge in [0.25, 0.3) is 5.91 Å². The van der Waals surface area contributed by atoms with E-state index in [9.17, 15) is 10.1 Å². The van der Waals surface area contributed by atoms with Gasteiger partial charge in [-0.25, -0.2) is 4.98 Å². The van der Waals surface area contributed by atoms with Crippen LogP contribution in [0.4, 0.5) is 5.82 Å². The number of ether oxygens (including phenoxy) is 1. The van der Waals surface area contributed by atoms with Crippen molar-refractivity contribution >= 4 is 23.1 Å².